The molecule has 1 aromatic heterocycles. The summed E-state index contributed by atoms with van der Waals surface area (Å²) in [5.41, 5.74) is 7.07. The third kappa shape index (κ3) is 6.05. The lowest BCUT2D eigenvalue weighted by Crippen LogP contribution is -2.31. The van der Waals surface area contributed by atoms with E-state index in [1.165, 1.54) is 0 Å². The van der Waals surface area contributed by atoms with Crippen molar-refractivity contribution >= 4 is 17.6 Å². The Morgan fingerprint density at radius 2 is 1.93 bits per heavy atom. The van der Waals surface area contributed by atoms with Gasteiger partial charge in [0.2, 0.25) is 5.91 Å². The highest BCUT2D eigenvalue weighted by Gasteiger charge is 2.25. The van der Waals surface area contributed by atoms with Crippen LogP contribution in [-0.4, -0.2) is 38.6 Å². The number of aromatic nitrogens is 3. The summed E-state index contributed by atoms with van der Waals surface area (Å²) in [6.45, 7) is 6.38. The van der Waals surface area contributed by atoms with Crippen molar-refractivity contribution in [2.45, 2.75) is 51.7 Å². The highest BCUT2D eigenvalue weighted by molar-refractivity contribution is 5.93. The van der Waals surface area contributed by atoms with Crippen molar-refractivity contribution in [3.8, 4) is 0 Å². The number of aliphatic hydroxyl groups is 1. The number of nitrogens with one attached hydrogen (secondary N) is 2. The molecule has 152 valence electrons. The number of hydrogen-bond acceptors (Lipinski definition) is 5. The number of carbonyl (C=O) groups is 2. The molecule has 28 heavy (non-hydrogen) atoms. The van der Waals surface area contributed by atoms with Gasteiger partial charge in [0.1, 0.15) is 6.04 Å². The van der Waals surface area contributed by atoms with Gasteiger partial charge in [0.15, 0.2) is 0 Å². The van der Waals surface area contributed by atoms with Gasteiger partial charge in [-0.05, 0) is 30.5 Å². The number of hydrogen-bond donors (Lipinski definition) is 4. The lowest BCUT2D eigenvalue weighted by atomic mass is 9.93. The normalized spacial score (nSPS) is 12.4. The first-order valence-corrected chi connectivity index (χ1v) is 9.17. The van der Waals surface area contributed by atoms with Crippen LogP contribution in [0.25, 0.3) is 0 Å². The quantitative estimate of drug-likeness (QED) is 0.510. The summed E-state index contributed by atoms with van der Waals surface area (Å²) in [5, 5.41) is 22.9. The molecule has 0 bridgehead atoms. The molecule has 3 amide bonds. The van der Waals surface area contributed by atoms with E-state index in [9.17, 15) is 9.59 Å². The summed E-state index contributed by atoms with van der Waals surface area (Å²) in [7, 11) is 0. The number of urea groups is 1. The molecule has 1 heterocycles. The smallest absolute Gasteiger partial charge is 0.312 e. The van der Waals surface area contributed by atoms with E-state index >= 15 is 0 Å². The Hall–Kier alpha value is -2.94. The predicted octanol–water partition coefficient (Wildman–Crippen LogP) is 1.70. The van der Waals surface area contributed by atoms with Gasteiger partial charge in [-0.1, -0.05) is 38.1 Å². The molecule has 2 aromatic rings. The molecule has 0 spiro atoms. The lowest BCUT2D eigenvalue weighted by Gasteiger charge is -2.18. The maximum Gasteiger partial charge on any atom is 0.312 e. The molecule has 0 saturated carbocycles. The maximum absolute atomic E-state index is 12.9. The number of nitrogens with two attached hydrogens (primary N) is 1. The topological polar surface area (TPSA) is 135 Å². The van der Waals surface area contributed by atoms with Crippen molar-refractivity contribution in [2.24, 2.45) is 5.73 Å². The van der Waals surface area contributed by atoms with Crippen molar-refractivity contribution in [3.05, 3.63) is 41.7 Å². The summed E-state index contributed by atoms with van der Waals surface area (Å²) in [6.07, 6.45) is 2.78. The van der Waals surface area contributed by atoms with Gasteiger partial charge >= 0.3 is 6.03 Å². The van der Waals surface area contributed by atoms with E-state index in [0.29, 0.717) is 25.1 Å². The van der Waals surface area contributed by atoms with E-state index in [1.807, 2.05) is 20.8 Å². The molecular weight excluding hydrogens is 360 g/mol. The molecule has 0 aliphatic carbocycles. The Morgan fingerprint density at radius 1 is 1.25 bits per heavy atom. The van der Waals surface area contributed by atoms with Crippen LogP contribution in [0.4, 0.5) is 10.5 Å². The molecule has 2 rings (SSSR count). The molecule has 0 aliphatic rings. The lowest BCUT2D eigenvalue weighted by molar-refractivity contribution is -0.119. The number of carbonyl (C=O) groups excluding carboxylic acids is 2. The minimum atomic E-state index is -0.597. The number of amides is 3. The SMILES string of the molecule is CC(C)(C)c1cn([C@@H](CCCNC(N)=O)C(=O)Nc2ccc(CO)cc2)nn1. The summed E-state index contributed by atoms with van der Waals surface area (Å²) < 4.78 is 1.56. The zero-order valence-electron chi connectivity index (χ0n) is 16.5. The molecule has 0 radical (unpaired) electrons. The Bertz CT molecular complexity index is 795. The van der Waals surface area contributed by atoms with Gasteiger partial charge in [-0.3, -0.25) is 4.79 Å². The third-order valence-electron chi connectivity index (χ3n) is 4.26. The number of anilines is 1. The maximum atomic E-state index is 12.9. The zero-order valence-corrected chi connectivity index (χ0v) is 16.5. The van der Waals surface area contributed by atoms with Gasteiger partial charge in [0.05, 0.1) is 12.3 Å². The highest BCUT2D eigenvalue weighted by atomic mass is 16.3. The van der Waals surface area contributed by atoms with Crippen molar-refractivity contribution < 1.29 is 14.7 Å². The molecule has 9 nitrogen and oxygen atoms in total. The first-order chi connectivity index (χ1) is 13.2. The molecule has 0 fully saturated rings. The summed E-state index contributed by atoms with van der Waals surface area (Å²) >= 11 is 0. The summed E-state index contributed by atoms with van der Waals surface area (Å²) in [6, 6.07) is 5.77. The largest absolute Gasteiger partial charge is 0.392 e. The van der Waals surface area contributed by atoms with Crippen LogP contribution in [0.5, 0.6) is 0 Å². The van der Waals surface area contributed by atoms with E-state index in [0.717, 1.165) is 11.3 Å². The molecule has 0 saturated heterocycles. The van der Waals surface area contributed by atoms with E-state index in [4.69, 9.17) is 10.8 Å². The zero-order chi connectivity index (χ0) is 20.7. The van der Waals surface area contributed by atoms with Crippen molar-refractivity contribution in [1.29, 1.82) is 0 Å². The summed E-state index contributed by atoms with van der Waals surface area (Å²) in [4.78, 5) is 23.7. The van der Waals surface area contributed by atoms with Crippen LogP contribution in [0.2, 0.25) is 0 Å². The van der Waals surface area contributed by atoms with Crippen molar-refractivity contribution in [2.75, 3.05) is 11.9 Å². The van der Waals surface area contributed by atoms with Crippen molar-refractivity contribution in [1.82, 2.24) is 20.3 Å². The average Bonchev–Trinajstić information content (AvgIpc) is 3.12. The Labute approximate surface area is 164 Å². The first kappa shape index (κ1) is 21.4. The Balaban J connectivity index is 2.14. The van der Waals surface area contributed by atoms with Crippen LogP contribution in [-0.2, 0) is 16.8 Å². The minimum absolute atomic E-state index is 0.0573. The van der Waals surface area contributed by atoms with Gasteiger partial charge in [-0.25, -0.2) is 9.48 Å². The van der Waals surface area contributed by atoms with Crippen LogP contribution in [0.15, 0.2) is 30.5 Å². The molecular formula is C19H28N6O3. The molecule has 5 N–H and O–H groups in total. The van der Waals surface area contributed by atoms with Gasteiger partial charge < -0.3 is 21.5 Å². The van der Waals surface area contributed by atoms with E-state index in [2.05, 4.69) is 20.9 Å². The van der Waals surface area contributed by atoms with Crippen LogP contribution in [0.1, 0.15) is 50.9 Å². The molecule has 9 heteroatoms. The fourth-order valence-corrected chi connectivity index (χ4v) is 2.58. The first-order valence-electron chi connectivity index (χ1n) is 9.17. The predicted molar refractivity (Wildman–Crippen MR) is 106 cm³/mol. The number of primary amides is 1. The Kier molecular flexibility index (Phi) is 7.11. The van der Waals surface area contributed by atoms with E-state index in [1.54, 1.807) is 35.1 Å². The van der Waals surface area contributed by atoms with Gasteiger partial charge in [0, 0.05) is 23.8 Å². The number of nitrogens with zero attached hydrogens (tertiary/aromatic N) is 3. The monoisotopic (exact) mass is 388 g/mol. The second kappa shape index (κ2) is 9.32. The number of benzene rings is 1. The Morgan fingerprint density at radius 3 is 2.46 bits per heavy atom. The highest BCUT2D eigenvalue weighted by Crippen LogP contribution is 2.22. The van der Waals surface area contributed by atoms with Crippen LogP contribution in [0, 0.1) is 0 Å². The van der Waals surface area contributed by atoms with Gasteiger partial charge in [-0.2, -0.15) is 0 Å². The average molecular weight is 388 g/mol. The molecule has 1 aromatic carbocycles. The molecule has 1 atom stereocenters. The van der Waals surface area contributed by atoms with Crippen molar-refractivity contribution in [3.63, 3.8) is 0 Å². The fraction of sp³-hybridized carbons (Fsp3) is 0.474. The van der Waals surface area contributed by atoms with Crippen LogP contribution >= 0.6 is 0 Å². The van der Waals surface area contributed by atoms with Crippen LogP contribution < -0.4 is 16.4 Å². The number of aliphatic hydroxyl groups excluding tert-OH is 1. The van der Waals surface area contributed by atoms with E-state index < -0.39 is 12.1 Å². The number of rotatable bonds is 8. The van der Waals surface area contributed by atoms with Crippen LogP contribution in [0.3, 0.4) is 0 Å². The molecule has 0 aliphatic heterocycles. The van der Waals surface area contributed by atoms with Gasteiger partial charge in [0.25, 0.3) is 0 Å². The standard InChI is InChI=1S/C19H28N6O3/c1-19(2,3)16-11-25(24-23-16)15(5-4-10-21-18(20)28)17(27)22-14-8-6-13(12-26)7-9-14/h6-9,11,15,26H,4-5,10,12H2,1-3H3,(H,22,27)(H3,20,21,28)/t15-/m0/s1. The summed E-state index contributed by atoms with van der Waals surface area (Å²) in [5.74, 6) is -0.235. The minimum Gasteiger partial charge on any atom is -0.392 e. The van der Waals surface area contributed by atoms with Gasteiger partial charge in [-0.15, -0.1) is 5.10 Å². The third-order valence-corrected chi connectivity index (χ3v) is 4.26. The second-order valence-electron chi connectivity index (χ2n) is 7.63. The molecule has 0 unspecified atom stereocenters. The fourth-order valence-electron chi connectivity index (χ4n) is 2.58. The second-order valence-corrected chi connectivity index (χ2v) is 7.63. The van der Waals surface area contributed by atoms with E-state index in [-0.39, 0.29) is 17.9 Å².